The van der Waals surface area contributed by atoms with Gasteiger partial charge in [-0.25, -0.2) is 17.9 Å². The van der Waals surface area contributed by atoms with Gasteiger partial charge >= 0.3 is 5.69 Å². The number of nitrogens with one attached hydrogen (secondary N) is 1. The lowest BCUT2D eigenvalue weighted by Crippen LogP contribution is -2.34. The summed E-state index contributed by atoms with van der Waals surface area (Å²) in [7, 11) is -3.23. The number of hydrogen-bond acceptors (Lipinski definition) is 5. The summed E-state index contributed by atoms with van der Waals surface area (Å²) in [5.41, 5.74) is 0.503. The van der Waals surface area contributed by atoms with Crippen LogP contribution in [0, 0.1) is 0 Å². The van der Waals surface area contributed by atoms with Crippen LogP contribution in [0.1, 0.15) is 37.1 Å². The van der Waals surface area contributed by atoms with E-state index >= 15 is 0 Å². The molecule has 0 atom stereocenters. The fraction of sp³-hybridized carbons (Fsp3) is 0.526. The SMILES string of the molecule is O=C(Cn1nc2n(c1=O)CCCCC2)NCCCS(=O)(=O)Cc1ccccc1. The summed E-state index contributed by atoms with van der Waals surface area (Å²) < 4.78 is 27.1. The zero-order chi connectivity index (χ0) is 20.0. The number of nitrogens with zero attached hydrogens (tertiary/aromatic N) is 3. The maximum Gasteiger partial charge on any atom is 0.346 e. The van der Waals surface area contributed by atoms with Crippen molar-refractivity contribution in [2.45, 2.75) is 50.9 Å². The second-order valence-electron chi connectivity index (χ2n) is 7.10. The van der Waals surface area contributed by atoms with Gasteiger partial charge in [0.15, 0.2) is 9.84 Å². The zero-order valence-electron chi connectivity index (χ0n) is 15.8. The average Bonchev–Trinajstić information content (AvgIpc) is 2.83. The number of aryl methyl sites for hydroxylation is 1. The molecule has 2 heterocycles. The summed E-state index contributed by atoms with van der Waals surface area (Å²) in [5.74, 6) is 0.399. The Morgan fingerprint density at radius 3 is 2.71 bits per heavy atom. The van der Waals surface area contributed by atoms with Crippen molar-refractivity contribution in [1.82, 2.24) is 19.7 Å². The van der Waals surface area contributed by atoms with Crippen LogP contribution in [0.4, 0.5) is 0 Å². The van der Waals surface area contributed by atoms with Crippen LogP contribution in [0.15, 0.2) is 35.1 Å². The predicted octanol–water partition coefficient (Wildman–Crippen LogP) is 0.893. The standard InChI is InChI=1S/C19H26N4O4S/c24-18(14-23-19(25)22-12-6-2-5-10-17(22)21-23)20-11-7-13-28(26,27)15-16-8-3-1-4-9-16/h1,3-4,8-9H,2,5-7,10-15H2,(H,20,24). The van der Waals surface area contributed by atoms with Crippen molar-refractivity contribution in [3.63, 3.8) is 0 Å². The van der Waals surface area contributed by atoms with Crippen LogP contribution in [-0.2, 0) is 39.9 Å². The van der Waals surface area contributed by atoms with Gasteiger partial charge in [0.2, 0.25) is 5.91 Å². The third-order valence-electron chi connectivity index (χ3n) is 4.76. The largest absolute Gasteiger partial charge is 0.354 e. The van der Waals surface area contributed by atoms with E-state index in [1.165, 1.54) is 4.68 Å². The summed E-state index contributed by atoms with van der Waals surface area (Å²) in [6, 6.07) is 9.02. The highest BCUT2D eigenvalue weighted by Crippen LogP contribution is 2.10. The minimum Gasteiger partial charge on any atom is -0.354 e. The predicted molar refractivity (Wildman–Crippen MR) is 106 cm³/mol. The third-order valence-corrected chi connectivity index (χ3v) is 6.44. The minimum atomic E-state index is -3.23. The summed E-state index contributed by atoms with van der Waals surface area (Å²) in [4.78, 5) is 24.4. The molecule has 1 aliphatic heterocycles. The number of rotatable bonds is 8. The summed E-state index contributed by atoms with van der Waals surface area (Å²) in [6.45, 7) is 0.750. The molecule has 1 aromatic heterocycles. The topological polar surface area (TPSA) is 103 Å². The lowest BCUT2D eigenvalue weighted by Gasteiger charge is -2.06. The van der Waals surface area contributed by atoms with E-state index in [0.717, 1.165) is 37.1 Å². The Bertz CT molecular complexity index is 964. The van der Waals surface area contributed by atoms with Crippen LogP contribution in [0.2, 0.25) is 0 Å². The first-order valence-corrected chi connectivity index (χ1v) is 11.4. The molecule has 0 radical (unpaired) electrons. The lowest BCUT2D eigenvalue weighted by molar-refractivity contribution is -0.121. The summed E-state index contributed by atoms with van der Waals surface area (Å²) in [5, 5.41) is 6.95. The molecule has 0 spiro atoms. The number of fused-ring (bicyclic) bond motifs is 1. The van der Waals surface area contributed by atoms with Gasteiger partial charge in [0.1, 0.15) is 12.4 Å². The van der Waals surface area contributed by atoms with Gasteiger partial charge in [0, 0.05) is 19.5 Å². The molecule has 0 saturated heterocycles. The van der Waals surface area contributed by atoms with Crippen molar-refractivity contribution >= 4 is 15.7 Å². The Kier molecular flexibility index (Phi) is 6.66. The Balaban J connectivity index is 1.44. The van der Waals surface area contributed by atoms with Gasteiger partial charge in [0.05, 0.1) is 11.5 Å². The van der Waals surface area contributed by atoms with Gasteiger partial charge in [-0.1, -0.05) is 36.8 Å². The van der Waals surface area contributed by atoms with Crippen LogP contribution >= 0.6 is 0 Å². The summed E-state index contributed by atoms with van der Waals surface area (Å²) in [6.07, 6.45) is 4.11. The molecule has 8 nitrogen and oxygen atoms in total. The molecule has 1 aliphatic rings. The van der Waals surface area contributed by atoms with Gasteiger partial charge in [-0.15, -0.1) is 0 Å². The number of benzene rings is 1. The summed E-state index contributed by atoms with van der Waals surface area (Å²) >= 11 is 0. The first-order chi connectivity index (χ1) is 13.4. The fourth-order valence-electron chi connectivity index (χ4n) is 3.34. The minimum absolute atomic E-state index is 0.000891. The first kappa shape index (κ1) is 20.3. The number of carbonyl (C=O) groups excluding carboxylic acids is 1. The average molecular weight is 407 g/mol. The van der Waals surface area contributed by atoms with Gasteiger partial charge < -0.3 is 5.32 Å². The monoisotopic (exact) mass is 406 g/mol. The molecule has 1 aromatic carbocycles. The molecule has 0 bridgehead atoms. The number of hydrogen-bond donors (Lipinski definition) is 1. The molecule has 3 rings (SSSR count). The van der Waals surface area contributed by atoms with E-state index in [1.807, 2.05) is 18.2 Å². The molecule has 0 fully saturated rings. The van der Waals surface area contributed by atoms with Crippen molar-refractivity contribution in [2.24, 2.45) is 0 Å². The molecule has 9 heteroatoms. The Morgan fingerprint density at radius 1 is 1.14 bits per heavy atom. The molecule has 28 heavy (non-hydrogen) atoms. The number of amides is 1. The molecule has 2 aromatic rings. The van der Waals surface area contributed by atoms with E-state index in [0.29, 0.717) is 13.0 Å². The molecule has 152 valence electrons. The van der Waals surface area contributed by atoms with Crippen molar-refractivity contribution in [1.29, 1.82) is 0 Å². The van der Waals surface area contributed by atoms with E-state index in [1.54, 1.807) is 16.7 Å². The third kappa shape index (κ3) is 5.54. The second-order valence-corrected chi connectivity index (χ2v) is 9.28. The van der Waals surface area contributed by atoms with Gasteiger partial charge in [-0.2, -0.15) is 5.10 Å². The van der Waals surface area contributed by atoms with Crippen LogP contribution in [0.5, 0.6) is 0 Å². The molecular formula is C19H26N4O4S. The smallest absolute Gasteiger partial charge is 0.346 e. The van der Waals surface area contributed by atoms with Crippen molar-refractivity contribution in [3.8, 4) is 0 Å². The Labute approximate surface area is 164 Å². The van der Waals surface area contributed by atoms with E-state index in [2.05, 4.69) is 10.4 Å². The highest BCUT2D eigenvalue weighted by molar-refractivity contribution is 7.90. The Morgan fingerprint density at radius 2 is 1.93 bits per heavy atom. The van der Waals surface area contributed by atoms with Crippen molar-refractivity contribution in [2.75, 3.05) is 12.3 Å². The molecule has 1 N–H and O–H groups in total. The van der Waals surface area contributed by atoms with E-state index < -0.39 is 9.84 Å². The van der Waals surface area contributed by atoms with Gasteiger partial charge in [0.25, 0.3) is 0 Å². The van der Waals surface area contributed by atoms with Crippen LogP contribution in [-0.4, -0.2) is 41.0 Å². The molecule has 0 saturated carbocycles. The Hall–Kier alpha value is -2.42. The number of aromatic nitrogens is 3. The molecule has 0 unspecified atom stereocenters. The van der Waals surface area contributed by atoms with Crippen LogP contribution < -0.4 is 11.0 Å². The second kappa shape index (κ2) is 9.18. The van der Waals surface area contributed by atoms with Crippen LogP contribution in [0.25, 0.3) is 0 Å². The maximum absolute atomic E-state index is 12.3. The molecule has 1 amide bonds. The van der Waals surface area contributed by atoms with Crippen molar-refractivity contribution < 1.29 is 13.2 Å². The zero-order valence-corrected chi connectivity index (χ0v) is 16.7. The highest BCUT2D eigenvalue weighted by Gasteiger charge is 2.17. The lowest BCUT2D eigenvalue weighted by atomic mass is 10.2. The van der Waals surface area contributed by atoms with E-state index in [4.69, 9.17) is 0 Å². The molecular weight excluding hydrogens is 380 g/mol. The first-order valence-electron chi connectivity index (χ1n) is 9.62. The van der Waals surface area contributed by atoms with E-state index in [-0.39, 0.29) is 36.2 Å². The molecule has 0 aliphatic carbocycles. The normalized spacial score (nSPS) is 14.3. The van der Waals surface area contributed by atoms with Gasteiger partial charge in [-0.3, -0.25) is 9.36 Å². The van der Waals surface area contributed by atoms with Gasteiger partial charge in [-0.05, 0) is 24.8 Å². The van der Waals surface area contributed by atoms with Crippen molar-refractivity contribution in [3.05, 3.63) is 52.2 Å². The fourth-order valence-corrected chi connectivity index (χ4v) is 4.77. The van der Waals surface area contributed by atoms with Crippen LogP contribution in [0.3, 0.4) is 0 Å². The quantitative estimate of drug-likeness (QED) is 0.656. The highest BCUT2D eigenvalue weighted by atomic mass is 32.2. The van der Waals surface area contributed by atoms with E-state index in [9.17, 15) is 18.0 Å². The maximum atomic E-state index is 12.3. The number of sulfone groups is 1. The number of carbonyl (C=O) groups is 1.